The topological polar surface area (TPSA) is 32.7 Å². The maximum absolute atomic E-state index is 9.64. The van der Waals surface area contributed by atoms with Crippen LogP contribution in [0.15, 0.2) is 18.2 Å². The Hall–Kier alpha value is -0.900. The van der Waals surface area contributed by atoms with Gasteiger partial charge in [0.2, 0.25) is 0 Å². The Labute approximate surface area is 104 Å². The quantitative estimate of drug-likeness (QED) is 0.818. The molecular weight excluding hydrogens is 214 g/mol. The second-order valence-electron chi connectivity index (χ2n) is 4.80. The number of nitrogens with zero attached hydrogens (tertiary/aromatic N) is 1. The molecule has 0 aromatic heterocycles. The Balaban J connectivity index is 2.52. The summed E-state index contributed by atoms with van der Waals surface area (Å²) >= 11 is 0. The van der Waals surface area contributed by atoms with Crippen molar-refractivity contribution in [3.8, 4) is 0 Å². The number of methoxy groups -OCH3 is 1. The zero-order chi connectivity index (χ0) is 12.8. The van der Waals surface area contributed by atoms with E-state index >= 15 is 0 Å². The molecule has 0 aliphatic heterocycles. The summed E-state index contributed by atoms with van der Waals surface area (Å²) in [6, 6.07) is 6.54. The van der Waals surface area contributed by atoms with Gasteiger partial charge in [0.1, 0.15) is 0 Å². The first-order valence-electron chi connectivity index (χ1n) is 5.94. The van der Waals surface area contributed by atoms with Gasteiger partial charge in [-0.1, -0.05) is 29.3 Å². The Morgan fingerprint density at radius 2 is 1.82 bits per heavy atom. The van der Waals surface area contributed by atoms with Crippen molar-refractivity contribution in [2.75, 3.05) is 27.3 Å². The van der Waals surface area contributed by atoms with Gasteiger partial charge in [-0.15, -0.1) is 0 Å². The molecule has 1 unspecified atom stereocenters. The lowest BCUT2D eigenvalue weighted by Gasteiger charge is -2.20. The highest BCUT2D eigenvalue weighted by Crippen LogP contribution is 2.10. The molecule has 0 amide bonds. The van der Waals surface area contributed by atoms with Crippen molar-refractivity contribution in [1.29, 1.82) is 0 Å². The number of aryl methyl sites for hydroxylation is 2. The first kappa shape index (κ1) is 14.2. The molecule has 0 heterocycles. The number of ether oxygens (including phenoxy) is 1. The highest BCUT2D eigenvalue weighted by molar-refractivity contribution is 5.28. The first-order valence-corrected chi connectivity index (χ1v) is 5.94. The molecule has 1 N–H and O–H groups in total. The number of hydrogen-bond acceptors (Lipinski definition) is 3. The van der Waals surface area contributed by atoms with Crippen LogP contribution in [0.25, 0.3) is 0 Å². The van der Waals surface area contributed by atoms with Crippen LogP contribution in [0.2, 0.25) is 0 Å². The number of aliphatic hydroxyl groups is 1. The Bertz CT molecular complexity index is 332. The molecule has 1 aromatic carbocycles. The fourth-order valence-electron chi connectivity index (χ4n) is 2.14. The molecule has 0 radical (unpaired) electrons. The minimum Gasteiger partial charge on any atom is -0.389 e. The van der Waals surface area contributed by atoms with E-state index in [1.54, 1.807) is 7.11 Å². The highest BCUT2D eigenvalue weighted by atomic mass is 16.5. The van der Waals surface area contributed by atoms with Crippen LogP contribution in [0.4, 0.5) is 0 Å². The summed E-state index contributed by atoms with van der Waals surface area (Å²) in [6.07, 6.45) is -0.420. The lowest BCUT2D eigenvalue weighted by molar-refractivity contribution is 0.0419. The molecule has 1 atom stereocenters. The third kappa shape index (κ3) is 5.31. The number of hydrogen-bond donors (Lipinski definition) is 1. The van der Waals surface area contributed by atoms with Crippen LogP contribution in [0.1, 0.15) is 16.7 Å². The smallest absolute Gasteiger partial charge is 0.0900 e. The minimum absolute atomic E-state index is 0.386. The van der Waals surface area contributed by atoms with E-state index in [0.717, 1.165) is 6.54 Å². The molecular formula is C14H23NO2. The van der Waals surface area contributed by atoms with Gasteiger partial charge < -0.3 is 9.84 Å². The van der Waals surface area contributed by atoms with Crippen molar-refractivity contribution in [2.24, 2.45) is 0 Å². The number of benzene rings is 1. The first-order chi connectivity index (χ1) is 8.01. The zero-order valence-electron chi connectivity index (χ0n) is 11.2. The van der Waals surface area contributed by atoms with Crippen molar-refractivity contribution < 1.29 is 9.84 Å². The van der Waals surface area contributed by atoms with Crippen molar-refractivity contribution >= 4 is 0 Å². The third-order valence-electron chi connectivity index (χ3n) is 2.62. The van der Waals surface area contributed by atoms with Gasteiger partial charge in [0, 0.05) is 20.2 Å². The summed E-state index contributed by atoms with van der Waals surface area (Å²) in [5.74, 6) is 0. The normalized spacial score (nSPS) is 13.1. The van der Waals surface area contributed by atoms with Gasteiger partial charge in [-0.25, -0.2) is 0 Å². The van der Waals surface area contributed by atoms with Crippen molar-refractivity contribution in [1.82, 2.24) is 4.90 Å². The molecule has 0 aliphatic rings. The van der Waals surface area contributed by atoms with Crippen LogP contribution in [-0.4, -0.2) is 43.4 Å². The van der Waals surface area contributed by atoms with Gasteiger partial charge in [0.25, 0.3) is 0 Å². The molecule has 0 aliphatic carbocycles. The van der Waals surface area contributed by atoms with Gasteiger partial charge in [-0.2, -0.15) is 0 Å². The number of likely N-dealkylation sites (N-methyl/N-ethyl adjacent to an activating group) is 1. The summed E-state index contributed by atoms with van der Waals surface area (Å²) in [5.41, 5.74) is 3.85. The molecule has 0 saturated carbocycles. The minimum atomic E-state index is -0.420. The summed E-state index contributed by atoms with van der Waals surface area (Å²) < 4.78 is 4.92. The average molecular weight is 237 g/mol. The van der Waals surface area contributed by atoms with E-state index in [1.165, 1.54) is 16.7 Å². The van der Waals surface area contributed by atoms with Gasteiger partial charge in [-0.05, 0) is 26.5 Å². The van der Waals surface area contributed by atoms with E-state index < -0.39 is 6.10 Å². The lowest BCUT2D eigenvalue weighted by Crippen LogP contribution is -2.31. The van der Waals surface area contributed by atoms with Gasteiger partial charge in [0.15, 0.2) is 0 Å². The fourth-order valence-corrected chi connectivity index (χ4v) is 2.14. The Morgan fingerprint density at radius 1 is 1.24 bits per heavy atom. The molecule has 1 aromatic rings. The number of aliphatic hydroxyl groups excluding tert-OH is 1. The summed E-state index contributed by atoms with van der Waals surface area (Å²) in [7, 11) is 3.61. The molecule has 3 heteroatoms. The molecule has 0 fully saturated rings. The van der Waals surface area contributed by atoms with E-state index in [0.29, 0.717) is 13.2 Å². The maximum atomic E-state index is 9.64. The summed E-state index contributed by atoms with van der Waals surface area (Å²) in [6.45, 7) is 6.08. The van der Waals surface area contributed by atoms with Crippen LogP contribution in [0.5, 0.6) is 0 Å². The molecule has 0 spiro atoms. The van der Waals surface area contributed by atoms with E-state index in [2.05, 4.69) is 36.9 Å². The molecule has 3 nitrogen and oxygen atoms in total. The van der Waals surface area contributed by atoms with Crippen LogP contribution >= 0.6 is 0 Å². The summed E-state index contributed by atoms with van der Waals surface area (Å²) in [5, 5.41) is 9.64. The van der Waals surface area contributed by atoms with E-state index in [1.807, 2.05) is 7.05 Å². The maximum Gasteiger partial charge on any atom is 0.0900 e. The monoisotopic (exact) mass is 237 g/mol. The van der Waals surface area contributed by atoms with Gasteiger partial charge in [-0.3, -0.25) is 4.90 Å². The SMILES string of the molecule is COCC(O)CN(C)Cc1cc(C)cc(C)c1. The zero-order valence-corrected chi connectivity index (χ0v) is 11.2. The van der Waals surface area contributed by atoms with Crippen LogP contribution in [-0.2, 0) is 11.3 Å². The lowest BCUT2D eigenvalue weighted by atomic mass is 10.1. The fraction of sp³-hybridized carbons (Fsp3) is 0.571. The standard InChI is InChI=1S/C14H23NO2/c1-11-5-12(2)7-13(6-11)8-15(3)9-14(16)10-17-4/h5-7,14,16H,8-10H2,1-4H3. The highest BCUT2D eigenvalue weighted by Gasteiger charge is 2.08. The predicted molar refractivity (Wildman–Crippen MR) is 70.1 cm³/mol. The van der Waals surface area contributed by atoms with Gasteiger partial charge in [0.05, 0.1) is 12.7 Å². The Kier molecular flexibility index (Phi) is 5.62. The van der Waals surface area contributed by atoms with Gasteiger partial charge >= 0.3 is 0 Å². The molecule has 0 bridgehead atoms. The van der Waals surface area contributed by atoms with E-state index in [4.69, 9.17) is 4.74 Å². The molecule has 0 saturated heterocycles. The number of rotatable bonds is 6. The van der Waals surface area contributed by atoms with E-state index in [9.17, 15) is 5.11 Å². The van der Waals surface area contributed by atoms with Crippen LogP contribution < -0.4 is 0 Å². The average Bonchev–Trinajstić information content (AvgIpc) is 2.14. The molecule has 96 valence electrons. The van der Waals surface area contributed by atoms with Crippen molar-refractivity contribution in [3.05, 3.63) is 34.9 Å². The molecule has 1 rings (SSSR count). The second-order valence-corrected chi connectivity index (χ2v) is 4.80. The van der Waals surface area contributed by atoms with Crippen molar-refractivity contribution in [3.63, 3.8) is 0 Å². The summed E-state index contributed by atoms with van der Waals surface area (Å²) in [4.78, 5) is 2.11. The Morgan fingerprint density at radius 3 is 2.35 bits per heavy atom. The second kappa shape index (κ2) is 6.74. The third-order valence-corrected chi connectivity index (χ3v) is 2.62. The van der Waals surface area contributed by atoms with Crippen molar-refractivity contribution in [2.45, 2.75) is 26.5 Å². The van der Waals surface area contributed by atoms with Crippen LogP contribution in [0.3, 0.4) is 0 Å². The molecule has 17 heavy (non-hydrogen) atoms. The largest absolute Gasteiger partial charge is 0.389 e. The van der Waals surface area contributed by atoms with Crippen LogP contribution in [0, 0.1) is 13.8 Å². The van der Waals surface area contributed by atoms with E-state index in [-0.39, 0.29) is 0 Å². The predicted octanol–water partition coefficient (Wildman–Crippen LogP) is 1.74.